The van der Waals surface area contributed by atoms with E-state index in [4.69, 9.17) is 23.2 Å². The van der Waals surface area contributed by atoms with Crippen molar-refractivity contribution in [1.29, 1.82) is 0 Å². The minimum absolute atomic E-state index is 0.244. The fourth-order valence-corrected chi connectivity index (χ4v) is 4.03. The molecule has 0 aliphatic rings. The van der Waals surface area contributed by atoms with Crippen molar-refractivity contribution in [2.75, 3.05) is 5.32 Å². The quantitative estimate of drug-likeness (QED) is 0.448. The van der Waals surface area contributed by atoms with E-state index in [2.05, 4.69) is 20.3 Å². The summed E-state index contributed by atoms with van der Waals surface area (Å²) in [6.45, 7) is 0.350. The molecule has 0 saturated carbocycles. The molecule has 0 fully saturated rings. The number of fused-ring (bicyclic) bond motifs is 1. The Morgan fingerprint density at radius 3 is 2.88 bits per heavy atom. The molecule has 1 aromatic carbocycles. The first-order chi connectivity index (χ1) is 12.6. The van der Waals surface area contributed by atoms with E-state index in [0.717, 1.165) is 21.5 Å². The van der Waals surface area contributed by atoms with Crippen LogP contribution in [0.4, 0.5) is 9.52 Å². The predicted octanol–water partition coefficient (Wildman–Crippen LogP) is 5.67. The summed E-state index contributed by atoms with van der Waals surface area (Å²) in [5, 5.41) is 5.77. The van der Waals surface area contributed by atoms with Crippen molar-refractivity contribution < 1.29 is 4.39 Å². The summed E-state index contributed by atoms with van der Waals surface area (Å²) < 4.78 is 13.7. The Morgan fingerprint density at radius 1 is 1.19 bits per heavy atom. The van der Waals surface area contributed by atoms with Crippen molar-refractivity contribution >= 4 is 50.7 Å². The highest BCUT2D eigenvalue weighted by molar-refractivity contribution is 7.16. The van der Waals surface area contributed by atoms with Gasteiger partial charge in [-0.15, -0.1) is 11.3 Å². The van der Waals surface area contributed by atoms with Gasteiger partial charge in [0.1, 0.15) is 16.6 Å². The van der Waals surface area contributed by atoms with Crippen molar-refractivity contribution in [3.63, 3.8) is 0 Å². The van der Waals surface area contributed by atoms with Crippen LogP contribution >= 0.6 is 34.5 Å². The van der Waals surface area contributed by atoms with Gasteiger partial charge in [0, 0.05) is 36.3 Å². The molecule has 3 aromatic heterocycles. The molecular weight excluding hydrogens is 394 g/mol. The van der Waals surface area contributed by atoms with Gasteiger partial charge in [-0.3, -0.25) is 0 Å². The minimum atomic E-state index is -0.244. The lowest BCUT2D eigenvalue weighted by atomic mass is 10.1. The number of H-pyrrole nitrogens is 1. The Bertz CT molecular complexity index is 1080. The molecule has 3 heterocycles. The molecule has 0 saturated heterocycles. The molecular formula is C18H13Cl2FN4S. The summed E-state index contributed by atoms with van der Waals surface area (Å²) in [4.78, 5) is 12.6. The van der Waals surface area contributed by atoms with Crippen LogP contribution in [-0.2, 0) is 13.0 Å². The number of pyridine rings is 1. The van der Waals surface area contributed by atoms with Gasteiger partial charge < -0.3 is 10.3 Å². The molecule has 26 heavy (non-hydrogen) atoms. The molecule has 132 valence electrons. The van der Waals surface area contributed by atoms with Crippen LogP contribution in [0.2, 0.25) is 10.2 Å². The Hall–Kier alpha value is -2.15. The molecule has 0 spiro atoms. The maximum atomic E-state index is 13.7. The van der Waals surface area contributed by atoms with Gasteiger partial charge in [-0.1, -0.05) is 41.4 Å². The van der Waals surface area contributed by atoms with Gasteiger partial charge in [0.25, 0.3) is 0 Å². The SMILES string of the molecule is Fc1ccccc1CNc1nc(Cl)c(Cc2c[nH]c3ncc(Cl)cc23)s1. The largest absolute Gasteiger partial charge is 0.357 e. The van der Waals surface area contributed by atoms with E-state index in [1.54, 1.807) is 24.4 Å². The summed E-state index contributed by atoms with van der Waals surface area (Å²) >= 11 is 13.8. The summed E-state index contributed by atoms with van der Waals surface area (Å²) in [7, 11) is 0. The van der Waals surface area contributed by atoms with Crippen LogP contribution in [0.5, 0.6) is 0 Å². The third-order valence-corrected chi connectivity index (χ3v) is 5.62. The van der Waals surface area contributed by atoms with E-state index >= 15 is 0 Å². The molecule has 2 N–H and O–H groups in total. The average molecular weight is 407 g/mol. The number of nitrogens with one attached hydrogen (secondary N) is 2. The van der Waals surface area contributed by atoms with Gasteiger partial charge in [-0.05, 0) is 17.7 Å². The third kappa shape index (κ3) is 3.53. The Kier molecular flexibility index (Phi) is 4.80. The van der Waals surface area contributed by atoms with E-state index in [1.807, 2.05) is 12.3 Å². The maximum absolute atomic E-state index is 13.7. The minimum Gasteiger partial charge on any atom is -0.357 e. The summed E-state index contributed by atoms with van der Waals surface area (Å²) in [5.74, 6) is -0.244. The normalized spacial score (nSPS) is 11.2. The Morgan fingerprint density at radius 2 is 2.04 bits per heavy atom. The smallest absolute Gasteiger partial charge is 0.184 e. The molecule has 0 aliphatic carbocycles. The van der Waals surface area contributed by atoms with Crippen molar-refractivity contribution in [3.8, 4) is 0 Å². The number of benzene rings is 1. The zero-order valence-corrected chi connectivity index (χ0v) is 15.7. The van der Waals surface area contributed by atoms with E-state index in [9.17, 15) is 4.39 Å². The van der Waals surface area contributed by atoms with Gasteiger partial charge in [-0.2, -0.15) is 0 Å². The van der Waals surface area contributed by atoms with Crippen LogP contribution in [-0.4, -0.2) is 15.0 Å². The maximum Gasteiger partial charge on any atom is 0.184 e. The van der Waals surface area contributed by atoms with Crippen LogP contribution in [0.3, 0.4) is 0 Å². The molecule has 0 bridgehead atoms. The van der Waals surface area contributed by atoms with Crippen molar-refractivity contribution in [3.05, 3.63) is 74.7 Å². The van der Waals surface area contributed by atoms with E-state index < -0.39 is 0 Å². The second kappa shape index (κ2) is 7.23. The highest BCUT2D eigenvalue weighted by Gasteiger charge is 2.13. The Balaban J connectivity index is 1.53. The van der Waals surface area contributed by atoms with Gasteiger partial charge in [0.05, 0.1) is 9.90 Å². The summed E-state index contributed by atoms with van der Waals surface area (Å²) in [6, 6.07) is 8.52. The predicted molar refractivity (Wildman–Crippen MR) is 105 cm³/mol. The fourth-order valence-electron chi connectivity index (χ4n) is 2.68. The lowest BCUT2D eigenvalue weighted by Crippen LogP contribution is -2.00. The van der Waals surface area contributed by atoms with Crippen LogP contribution in [0.1, 0.15) is 16.0 Å². The van der Waals surface area contributed by atoms with E-state index in [-0.39, 0.29) is 5.82 Å². The number of aromatic nitrogens is 3. The summed E-state index contributed by atoms with van der Waals surface area (Å²) in [6.07, 6.45) is 4.12. The zero-order chi connectivity index (χ0) is 18.1. The first kappa shape index (κ1) is 17.3. The van der Waals surface area contributed by atoms with Crippen LogP contribution in [0.15, 0.2) is 42.7 Å². The van der Waals surface area contributed by atoms with Crippen LogP contribution < -0.4 is 5.32 Å². The summed E-state index contributed by atoms with van der Waals surface area (Å²) in [5.41, 5.74) is 2.40. The molecule has 4 nitrogen and oxygen atoms in total. The molecule has 0 amide bonds. The lowest BCUT2D eigenvalue weighted by molar-refractivity contribution is 0.613. The molecule has 8 heteroatoms. The van der Waals surface area contributed by atoms with E-state index in [1.165, 1.54) is 17.4 Å². The Labute approximate surface area is 163 Å². The van der Waals surface area contributed by atoms with Crippen LogP contribution in [0, 0.1) is 5.82 Å². The van der Waals surface area contributed by atoms with Crippen molar-refractivity contribution in [1.82, 2.24) is 15.0 Å². The molecule has 4 aromatic rings. The second-order valence-electron chi connectivity index (χ2n) is 5.72. The number of anilines is 1. The van der Waals surface area contributed by atoms with Gasteiger partial charge in [0.15, 0.2) is 5.13 Å². The fraction of sp³-hybridized carbons (Fsp3) is 0.111. The first-order valence-corrected chi connectivity index (χ1v) is 9.41. The third-order valence-electron chi connectivity index (χ3n) is 3.97. The molecule has 0 aliphatic heterocycles. The van der Waals surface area contributed by atoms with Gasteiger partial charge in [-0.25, -0.2) is 14.4 Å². The number of hydrogen-bond donors (Lipinski definition) is 2. The van der Waals surface area contributed by atoms with Crippen molar-refractivity contribution in [2.45, 2.75) is 13.0 Å². The number of thiazole rings is 1. The van der Waals surface area contributed by atoms with Gasteiger partial charge in [0.2, 0.25) is 0 Å². The highest BCUT2D eigenvalue weighted by Crippen LogP contribution is 2.31. The monoisotopic (exact) mass is 406 g/mol. The lowest BCUT2D eigenvalue weighted by Gasteiger charge is -2.03. The standard InChI is InChI=1S/C18H13Cl2FN4S/c19-12-6-13-11(8-22-17(13)23-9-12)5-15-16(20)25-18(26-15)24-7-10-3-1-2-4-14(10)21/h1-4,6,8-9H,5,7H2,(H,22,23)(H,24,25). The number of halogens is 3. The number of hydrogen-bond acceptors (Lipinski definition) is 4. The number of nitrogens with zero attached hydrogens (tertiary/aromatic N) is 2. The average Bonchev–Trinajstić information content (AvgIpc) is 3.18. The second-order valence-corrected chi connectivity index (χ2v) is 7.60. The number of rotatable bonds is 5. The van der Waals surface area contributed by atoms with Crippen molar-refractivity contribution in [2.24, 2.45) is 0 Å². The first-order valence-electron chi connectivity index (χ1n) is 7.84. The van der Waals surface area contributed by atoms with Crippen LogP contribution in [0.25, 0.3) is 11.0 Å². The van der Waals surface area contributed by atoms with Gasteiger partial charge >= 0.3 is 0 Å². The number of aromatic amines is 1. The molecule has 0 unspecified atom stereocenters. The van der Waals surface area contributed by atoms with E-state index in [0.29, 0.717) is 33.8 Å². The zero-order valence-electron chi connectivity index (χ0n) is 13.4. The molecule has 0 atom stereocenters. The molecule has 4 rings (SSSR count). The topological polar surface area (TPSA) is 53.6 Å². The molecule has 0 radical (unpaired) electrons. The highest BCUT2D eigenvalue weighted by atomic mass is 35.5.